The Bertz CT molecular complexity index is 1200. The molecule has 11 heteroatoms. The third-order valence-electron chi connectivity index (χ3n) is 3.94. The number of alkyl halides is 3. The highest BCUT2D eigenvalue weighted by Crippen LogP contribution is 2.27. The Balaban J connectivity index is 1.46. The van der Waals surface area contributed by atoms with Gasteiger partial charge in [0.25, 0.3) is 11.7 Å². The maximum atomic E-state index is 12.7. The van der Waals surface area contributed by atoms with E-state index in [9.17, 15) is 18.0 Å². The first kappa shape index (κ1) is 19.3. The standard InChI is InChI=1S/C19H13F3N6O2/c1-11-2-5-13(6-3-11)30-15-7-4-12(10-23-15)24-17(29)16-26-18-25-14(19(20,21)22)8-9-28(18)27-16/h2-10H,1H3,(H,24,29). The number of aryl methyl sites for hydroxylation is 1. The minimum Gasteiger partial charge on any atom is -0.439 e. The highest BCUT2D eigenvalue weighted by molar-refractivity contribution is 6.01. The molecule has 1 amide bonds. The van der Waals surface area contributed by atoms with Crippen LogP contribution in [-0.2, 0) is 6.18 Å². The fourth-order valence-corrected chi connectivity index (χ4v) is 2.46. The van der Waals surface area contributed by atoms with Crippen molar-refractivity contribution in [2.45, 2.75) is 13.1 Å². The quantitative estimate of drug-likeness (QED) is 0.545. The van der Waals surface area contributed by atoms with Gasteiger partial charge in [-0.1, -0.05) is 17.7 Å². The van der Waals surface area contributed by atoms with E-state index < -0.39 is 17.8 Å². The molecule has 0 aliphatic carbocycles. The summed E-state index contributed by atoms with van der Waals surface area (Å²) in [5.41, 5.74) is 0.306. The maximum absolute atomic E-state index is 12.7. The summed E-state index contributed by atoms with van der Waals surface area (Å²) in [6, 6.07) is 11.3. The fourth-order valence-electron chi connectivity index (χ4n) is 2.46. The number of hydrogen-bond acceptors (Lipinski definition) is 6. The Labute approximate surface area is 167 Å². The molecule has 4 aromatic rings. The van der Waals surface area contributed by atoms with Gasteiger partial charge < -0.3 is 10.1 Å². The molecule has 30 heavy (non-hydrogen) atoms. The van der Waals surface area contributed by atoms with Crippen molar-refractivity contribution in [1.29, 1.82) is 0 Å². The molecule has 0 bridgehead atoms. The molecule has 152 valence electrons. The van der Waals surface area contributed by atoms with E-state index in [4.69, 9.17) is 4.74 Å². The summed E-state index contributed by atoms with van der Waals surface area (Å²) in [5, 5.41) is 6.35. The first-order valence-electron chi connectivity index (χ1n) is 8.60. The first-order valence-corrected chi connectivity index (χ1v) is 8.60. The number of anilines is 1. The molecule has 4 rings (SSSR count). The number of pyridine rings is 1. The number of hydrogen-bond donors (Lipinski definition) is 1. The van der Waals surface area contributed by atoms with Crippen molar-refractivity contribution in [3.8, 4) is 11.6 Å². The van der Waals surface area contributed by atoms with Crippen molar-refractivity contribution in [1.82, 2.24) is 24.6 Å². The number of halogens is 3. The number of nitrogens with zero attached hydrogens (tertiary/aromatic N) is 5. The molecule has 3 aromatic heterocycles. The van der Waals surface area contributed by atoms with Crippen LogP contribution in [0.3, 0.4) is 0 Å². The predicted molar refractivity (Wildman–Crippen MR) is 99.2 cm³/mol. The van der Waals surface area contributed by atoms with Gasteiger partial charge in [-0.3, -0.25) is 4.79 Å². The molecule has 0 saturated heterocycles. The molecular formula is C19H13F3N6O2. The van der Waals surface area contributed by atoms with Gasteiger partial charge >= 0.3 is 6.18 Å². The normalized spacial score (nSPS) is 11.5. The molecule has 0 radical (unpaired) electrons. The van der Waals surface area contributed by atoms with E-state index in [0.717, 1.165) is 22.3 Å². The number of fused-ring (bicyclic) bond motifs is 1. The monoisotopic (exact) mass is 414 g/mol. The van der Waals surface area contributed by atoms with Crippen LogP contribution in [0.1, 0.15) is 21.9 Å². The molecule has 0 saturated carbocycles. The topological polar surface area (TPSA) is 94.3 Å². The van der Waals surface area contributed by atoms with Crippen LogP contribution in [0, 0.1) is 6.92 Å². The van der Waals surface area contributed by atoms with Crippen molar-refractivity contribution in [3.63, 3.8) is 0 Å². The lowest BCUT2D eigenvalue weighted by Crippen LogP contribution is -2.14. The number of benzene rings is 1. The Morgan fingerprint density at radius 3 is 2.50 bits per heavy atom. The number of rotatable bonds is 4. The zero-order chi connectivity index (χ0) is 21.3. The third kappa shape index (κ3) is 4.19. The van der Waals surface area contributed by atoms with E-state index in [1.807, 2.05) is 19.1 Å². The Morgan fingerprint density at radius 1 is 1.07 bits per heavy atom. The highest BCUT2D eigenvalue weighted by Gasteiger charge is 2.33. The van der Waals surface area contributed by atoms with E-state index in [-0.39, 0.29) is 11.6 Å². The second-order valence-corrected chi connectivity index (χ2v) is 6.24. The molecule has 1 aromatic carbocycles. The highest BCUT2D eigenvalue weighted by atomic mass is 19.4. The molecule has 0 aliphatic heterocycles. The molecule has 0 fully saturated rings. The van der Waals surface area contributed by atoms with Gasteiger partial charge in [0.15, 0.2) is 0 Å². The second kappa shape index (κ2) is 7.43. The van der Waals surface area contributed by atoms with Crippen LogP contribution in [-0.4, -0.2) is 30.5 Å². The minimum atomic E-state index is -4.62. The van der Waals surface area contributed by atoms with Crippen LogP contribution >= 0.6 is 0 Å². The number of ether oxygens (including phenoxy) is 1. The molecular weight excluding hydrogens is 401 g/mol. The van der Waals surface area contributed by atoms with Crippen LogP contribution in [0.4, 0.5) is 18.9 Å². The van der Waals surface area contributed by atoms with Crippen LogP contribution in [0.15, 0.2) is 54.9 Å². The Hall–Kier alpha value is -4.02. The lowest BCUT2D eigenvalue weighted by molar-refractivity contribution is -0.141. The zero-order valence-electron chi connectivity index (χ0n) is 15.4. The van der Waals surface area contributed by atoms with Crippen LogP contribution in [0.25, 0.3) is 5.78 Å². The summed E-state index contributed by atoms with van der Waals surface area (Å²) < 4.78 is 44.8. The van der Waals surface area contributed by atoms with Gasteiger partial charge in [0.1, 0.15) is 11.4 Å². The third-order valence-corrected chi connectivity index (χ3v) is 3.94. The summed E-state index contributed by atoms with van der Waals surface area (Å²) in [4.78, 5) is 23.5. The van der Waals surface area contributed by atoms with Gasteiger partial charge in [-0.2, -0.15) is 18.2 Å². The van der Waals surface area contributed by atoms with E-state index >= 15 is 0 Å². The Morgan fingerprint density at radius 2 is 1.83 bits per heavy atom. The largest absolute Gasteiger partial charge is 0.439 e. The second-order valence-electron chi connectivity index (χ2n) is 6.24. The van der Waals surface area contributed by atoms with Gasteiger partial charge in [0.2, 0.25) is 11.7 Å². The summed E-state index contributed by atoms with van der Waals surface area (Å²) in [6.07, 6.45) is -2.21. The number of carbonyl (C=O) groups is 1. The first-order chi connectivity index (χ1) is 14.3. The molecule has 1 N–H and O–H groups in total. The average molecular weight is 414 g/mol. The van der Waals surface area contributed by atoms with Crippen molar-refractivity contribution in [2.24, 2.45) is 0 Å². The van der Waals surface area contributed by atoms with E-state index in [1.165, 1.54) is 6.20 Å². The van der Waals surface area contributed by atoms with Gasteiger partial charge in [-0.05, 0) is 31.2 Å². The summed E-state index contributed by atoms with van der Waals surface area (Å²) in [7, 11) is 0. The summed E-state index contributed by atoms with van der Waals surface area (Å²) in [5.74, 6) is -0.448. The van der Waals surface area contributed by atoms with E-state index in [0.29, 0.717) is 17.3 Å². The van der Waals surface area contributed by atoms with Crippen LogP contribution in [0.2, 0.25) is 0 Å². The lowest BCUT2D eigenvalue weighted by Gasteiger charge is -2.06. The van der Waals surface area contributed by atoms with Gasteiger partial charge in [-0.15, -0.1) is 5.10 Å². The van der Waals surface area contributed by atoms with Gasteiger partial charge in [-0.25, -0.2) is 14.5 Å². The molecule has 0 spiro atoms. The van der Waals surface area contributed by atoms with Crippen molar-refractivity contribution < 1.29 is 22.7 Å². The van der Waals surface area contributed by atoms with Gasteiger partial charge in [0.05, 0.1) is 11.9 Å². The van der Waals surface area contributed by atoms with Crippen molar-refractivity contribution >= 4 is 17.4 Å². The number of nitrogens with one attached hydrogen (secondary N) is 1. The summed E-state index contributed by atoms with van der Waals surface area (Å²) in [6.45, 7) is 1.96. The van der Waals surface area contributed by atoms with Crippen molar-refractivity contribution in [2.75, 3.05) is 5.32 Å². The molecule has 3 heterocycles. The van der Waals surface area contributed by atoms with E-state index in [2.05, 4.69) is 25.4 Å². The molecule has 0 unspecified atom stereocenters. The number of carbonyl (C=O) groups excluding carboxylic acids is 1. The Kier molecular flexibility index (Phi) is 4.78. The zero-order valence-corrected chi connectivity index (χ0v) is 15.4. The average Bonchev–Trinajstić information content (AvgIpc) is 3.14. The SMILES string of the molecule is Cc1ccc(Oc2ccc(NC(=O)c3nc4nc(C(F)(F)F)ccn4n3)cn2)cc1. The minimum absolute atomic E-state index is 0.326. The molecule has 8 nitrogen and oxygen atoms in total. The predicted octanol–water partition coefficient (Wildman–Crippen LogP) is 3.89. The number of aromatic nitrogens is 5. The fraction of sp³-hybridized carbons (Fsp3) is 0.105. The van der Waals surface area contributed by atoms with Gasteiger partial charge in [0, 0.05) is 12.3 Å². The molecule has 0 aliphatic rings. The number of amides is 1. The van der Waals surface area contributed by atoms with E-state index in [1.54, 1.807) is 24.3 Å². The van der Waals surface area contributed by atoms with Crippen LogP contribution < -0.4 is 10.1 Å². The van der Waals surface area contributed by atoms with Crippen LogP contribution in [0.5, 0.6) is 11.6 Å². The molecule has 0 atom stereocenters. The smallest absolute Gasteiger partial charge is 0.433 e. The van der Waals surface area contributed by atoms with Crippen molar-refractivity contribution in [3.05, 3.63) is 71.9 Å². The summed E-state index contributed by atoms with van der Waals surface area (Å²) >= 11 is 0. The maximum Gasteiger partial charge on any atom is 0.433 e. The lowest BCUT2D eigenvalue weighted by atomic mass is 10.2.